The first-order valence-corrected chi connectivity index (χ1v) is 14.6. The molecule has 1 unspecified atom stereocenters. The van der Waals surface area contributed by atoms with E-state index in [9.17, 15) is 28.2 Å². The summed E-state index contributed by atoms with van der Waals surface area (Å²) < 4.78 is 30.3. The highest BCUT2D eigenvalue weighted by Crippen LogP contribution is 2.70. The first-order valence-electron chi connectivity index (χ1n) is 12.4. The van der Waals surface area contributed by atoms with Gasteiger partial charge in [0.05, 0.1) is 15.9 Å². The quantitative estimate of drug-likeness (QED) is 0.407. The number of carbonyl (C=O) groups is 2. The molecule has 0 bridgehead atoms. The van der Waals surface area contributed by atoms with Crippen LogP contribution in [0.15, 0.2) is 53.0 Å². The van der Waals surface area contributed by atoms with E-state index in [4.69, 9.17) is 27.4 Å². The fourth-order valence-electron chi connectivity index (χ4n) is 7.59. The van der Waals surface area contributed by atoms with E-state index in [1.165, 1.54) is 30.3 Å². The zero-order chi connectivity index (χ0) is 27.0. The first kappa shape index (κ1) is 27.0. The Balaban J connectivity index is 1.41. The molecule has 5 rings (SSSR count). The summed E-state index contributed by atoms with van der Waals surface area (Å²) >= 11 is 13.2. The summed E-state index contributed by atoms with van der Waals surface area (Å²) in [4.78, 5) is 24.2. The number of rotatable bonds is 5. The molecule has 0 saturated heterocycles. The van der Waals surface area contributed by atoms with Crippen molar-refractivity contribution in [2.45, 2.75) is 67.4 Å². The minimum atomic E-state index is -4.25. The fraction of sp³-hybridized carbons (Fsp3) is 0.556. The van der Waals surface area contributed by atoms with Crippen molar-refractivity contribution in [2.75, 3.05) is 6.61 Å². The Morgan fingerprint density at radius 2 is 1.84 bits per heavy atom. The maximum atomic E-state index is 13.4. The second-order valence-electron chi connectivity index (χ2n) is 11.3. The highest BCUT2D eigenvalue weighted by molar-refractivity contribution is 7.86. The van der Waals surface area contributed by atoms with Gasteiger partial charge in [0.1, 0.15) is 12.2 Å². The van der Waals surface area contributed by atoms with Crippen molar-refractivity contribution in [1.82, 2.24) is 0 Å². The molecule has 1 aromatic carbocycles. The minimum absolute atomic E-state index is 0.0501. The number of fused-ring (bicyclic) bond motifs is 5. The van der Waals surface area contributed by atoms with E-state index in [1.807, 2.05) is 6.92 Å². The first-order chi connectivity index (χ1) is 17.2. The highest BCUT2D eigenvalue weighted by atomic mass is 35.5. The molecule has 0 radical (unpaired) electrons. The van der Waals surface area contributed by atoms with Crippen LogP contribution in [0, 0.1) is 22.7 Å². The number of carbonyl (C=O) groups excluding carboxylic acids is 2. The second-order valence-corrected chi connectivity index (χ2v) is 13.9. The molecule has 0 heterocycles. The number of aliphatic hydroxyl groups is 2. The highest BCUT2D eigenvalue weighted by Gasteiger charge is 2.73. The predicted molar refractivity (Wildman–Crippen MR) is 138 cm³/mol. The lowest BCUT2D eigenvalue weighted by Crippen LogP contribution is -2.68. The van der Waals surface area contributed by atoms with Crippen molar-refractivity contribution >= 4 is 44.9 Å². The lowest BCUT2D eigenvalue weighted by Gasteiger charge is -2.63. The van der Waals surface area contributed by atoms with Gasteiger partial charge >= 0.3 is 0 Å². The largest absolute Gasteiger partial charge is 0.391 e. The number of benzene rings is 1. The Bertz CT molecular complexity index is 1320. The summed E-state index contributed by atoms with van der Waals surface area (Å²) in [6, 6.07) is 5.36. The van der Waals surface area contributed by atoms with Crippen LogP contribution in [-0.2, 0) is 23.9 Å². The molecule has 0 aromatic heterocycles. The van der Waals surface area contributed by atoms with Gasteiger partial charge in [0.15, 0.2) is 11.6 Å². The number of aliphatic hydroxyl groups excluding tert-OH is 1. The molecule has 4 aliphatic rings. The van der Waals surface area contributed by atoms with Crippen LogP contribution < -0.4 is 0 Å². The molecule has 2 N–H and O–H groups in total. The van der Waals surface area contributed by atoms with Crippen LogP contribution in [0.5, 0.6) is 0 Å². The molecule has 1 aromatic rings. The smallest absolute Gasteiger partial charge is 0.297 e. The van der Waals surface area contributed by atoms with Crippen LogP contribution in [0.25, 0.3) is 0 Å². The summed E-state index contributed by atoms with van der Waals surface area (Å²) in [7, 11) is -4.25. The standard InChI is InChI=1S/C27H30Cl2O7S/c1-24-11-9-18(30)13-16(24)3-8-21-20-10-12-26(33,25(20,2)14-22(31)27(21,24)29)23(32)15-36-37(34,35)19-6-4-17(28)5-7-19/h4-7,9,11,13,20-22,31,33H,3,8,10,12,14-15H2,1-2H3/t20-,21-,22?,24-,25-,26-,27-/m0/s1. The Hall–Kier alpha value is -1.55. The van der Waals surface area contributed by atoms with E-state index in [0.717, 1.165) is 5.57 Å². The van der Waals surface area contributed by atoms with Crippen LogP contribution in [0.2, 0.25) is 5.02 Å². The fourth-order valence-corrected chi connectivity index (χ4v) is 9.11. The number of hydrogen-bond donors (Lipinski definition) is 2. The summed E-state index contributed by atoms with van der Waals surface area (Å²) in [5.41, 5.74) is -2.78. The summed E-state index contributed by atoms with van der Waals surface area (Å²) in [6.07, 6.45) is 5.69. The molecule has 3 saturated carbocycles. The van der Waals surface area contributed by atoms with Crippen LogP contribution in [0.1, 0.15) is 46.0 Å². The van der Waals surface area contributed by atoms with Gasteiger partial charge < -0.3 is 10.2 Å². The molecule has 3 fully saturated rings. The number of ketones is 2. The van der Waals surface area contributed by atoms with Gasteiger partial charge in [0, 0.05) is 15.9 Å². The maximum absolute atomic E-state index is 13.4. The zero-order valence-electron chi connectivity index (χ0n) is 20.6. The van der Waals surface area contributed by atoms with E-state index in [-0.39, 0.29) is 35.4 Å². The summed E-state index contributed by atoms with van der Waals surface area (Å²) in [5.74, 6) is -1.27. The summed E-state index contributed by atoms with van der Waals surface area (Å²) in [5, 5.41) is 23.7. The number of hydrogen-bond acceptors (Lipinski definition) is 7. The lowest BCUT2D eigenvalue weighted by molar-refractivity contribution is -0.173. The third-order valence-electron chi connectivity index (χ3n) is 9.70. The lowest BCUT2D eigenvalue weighted by atomic mass is 9.45. The van der Waals surface area contributed by atoms with Crippen molar-refractivity contribution in [2.24, 2.45) is 22.7 Å². The normalized spacial score (nSPS) is 41.0. The Morgan fingerprint density at radius 3 is 2.51 bits per heavy atom. The molecule has 4 aliphatic carbocycles. The molecule has 10 heteroatoms. The molecule has 0 spiro atoms. The Morgan fingerprint density at radius 1 is 1.16 bits per heavy atom. The van der Waals surface area contributed by atoms with Gasteiger partial charge in [0.25, 0.3) is 10.1 Å². The van der Waals surface area contributed by atoms with Crippen LogP contribution >= 0.6 is 23.2 Å². The van der Waals surface area contributed by atoms with Gasteiger partial charge in [-0.1, -0.05) is 37.1 Å². The number of halogens is 2. The number of alkyl halides is 1. The molecule has 0 amide bonds. The molecule has 0 aliphatic heterocycles. The van der Waals surface area contributed by atoms with Crippen LogP contribution in [-0.4, -0.2) is 53.4 Å². The predicted octanol–water partition coefficient (Wildman–Crippen LogP) is 3.99. The molecular weight excluding hydrogens is 539 g/mol. The number of Topliss-reactive ketones (excluding diaryl/α,β-unsaturated/α-hetero) is 1. The van der Waals surface area contributed by atoms with E-state index in [1.54, 1.807) is 19.1 Å². The van der Waals surface area contributed by atoms with Crippen molar-refractivity contribution < 1.29 is 32.4 Å². The number of allylic oxidation sites excluding steroid dienone is 4. The van der Waals surface area contributed by atoms with E-state index >= 15 is 0 Å². The van der Waals surface area contributed by atoms with Crippen molar-refractivity contribution in [3.05, 3.63) is 53.1 Å². The average Bonchev–Trinajstić information content (AvgIpc) is 3.10. The molecular formula is C27H30Cl2O7S. The van der Waals surface area contributed by atoms with Gasteiger partial charge in [-0.25, -0.2) is 0 Å². The van der Waals surface area contributed by atoms with Crippen LogP contribution in [0.3, 0.4) is 0 Å². The van der Waals surface area contributed by atoms with Gasteiger partial charge in [-0.05, 0) is 80.4 Å². The Labute approximate surface area is 226 Å². The van der Waals surface area contributed by atoms with Crippen molar-refractivity contribution in [3.8, 4) is 0 Å². The van der Waals surface area contributed by atoms with E-state index in [2.05, 4.69) is 0 Å². The SMILES string of the molecule is C[C@]12C=CC(=O)C=C1CC[C@H]1[C@@H]3CC[C@](O)(C(=O)COS(=O)(=O)c4ccc(Cl)cc4)[C@@]3(C)CC(O)[C@@]12Cl. The van der Waals surface area contributed by atoms with Crippen molar-refractivity contribution in [1.29, 1.82) is 0 Å². The molecule has 37 heavy (non-hydrogen) atoms. The monoisotopic (exact) mass is 568 g/mol. The molecule has 200 valence electrons. The third-order valence-corrected chi connectivity index (χ3v) is 12.2. The van der Waals surface area contributed by atoms with Gasteiger partial charge in [0.2, 0.25) is 0 Å². The van der Waals surface area contributed by atoms with Gasteiger partial charge in [-0.15, -0.1) is 11.6 Å². The molecule has 7 nitrogen and oxygen atoms in total. The topological polar surface area (TPSA) is 118 Å². The maximum Gasteiger partial charge on any atom is 0.297 e. The van der Waals surface area contributed by atoms with Crippen molar-refractivity contribution in [3.63, 3.8) is 0 Å². The molecule has 7 atom stereocenters. The van der Waals surface area contributed by atoms with E-state index < -0.39 is 49.9 Å². The second kappa shape index (κ2) is 8.73. The van der Waals surface area contributed by atoms with Crippen LogP contribution in [0.4, 0.5) is 0 Å². The zero-order valence-corrected chi connectivity index (χ0v) is 22.9. The third kappa shape index (κ3) is 3.74. The average molecular weight is 570 g/mol. The minimum Gasteiger partial charge on any atom is -0.391 e. The van der Waals surface area contributed by atoms with E-state index in [0.29, 0.717) is 24.3 Å². The Kier molecular flexibility index (Phi) is 6.38. The van der Waals surface area contributed by atoms with Gasteiger partial charge in [-0.2, -0.15) is 8.42 Å². The van der Waals surface area contributed by atoms with Gasteiger partial charge in [-0.3, -0.25) is 13.8 Å². The summed E-state index contributed by atoms with van der Waals surface area (Å²) in [6.45, 7) is 2.89.